The third-order valence-corrected chi connectivity index (χ3v) is 3.22. The van der Waals surface area contributed by atoms with Gasteiger partial charge in [0.05, 0.1) is 6.04 Å². The molecule has 1 amide bonds. The molecule has 0 aliphatic heterocycles. The summed E-state index contributed by atoms with van der Waals surface area (Å²) in [5, 5.41) is 3.31. The maximum absolute atomic E-state index is 10.9. The number of carbonyl (C=O) groups excluding carboxylic acids is 1. The number of carbonyl (C=O) groups is 1. The summed E-state index contributed by atoms with van der Waals surface area (Å²) < 4.78 is 0. The van der Waals surface area contributed by atoms with Crippen LogP contribution >= 0.6 is 0 Å². The van der Waals surface area contributed by atoms with Crippen LogP contribution in [0.1, 0.15) is 40.5 Å². The zero-order valence-electron chi connectivity index (χ0n) is 9.63. The third kappa shape index (κ3) is 2.71. The molecule has 14 heavy (non-hydrogen) atoms. The largest absolute Gasteiger partial charge is 0.368 e. The first-order chi connectivity index (χ1) is 6.32. The van der Waals surface area contributed by atoms with E-state index < -0.39 is 0 Å². The van der Waals surface area contributed by atoms with Crippen molar-refractivity contribution in [2.75, 3.05) is 0 Å². The number of nitrogens with one attached hydrogen (secondary N) is 1. The molecule has 3 unspecified atom stereocenters. The van der Waals surface area contributed by atoms with E-state index in [1.54, 1.807) is 0 Å². The number of hydrogen-bond acceptors (Lipinski definition) is 2. The average Bonchev–Trinajstić information content (AvgIpc) is 2.24. The minimum atomic E-state index is -0.262. The summed E-state index contributed by atoms with van der Waals surface area (Å²) >= 11 is 0. The Kier molecular flexibility index (Phi) is 3.20. The highest BCUT2D eigenvalue weighted by Gasteiger charge is 2.37. The predicted molar refractivity (Wildman–Crippen MR) is 57.8 cm³/mol. The number of primary amides is 1. The molecular weight excluding hydrogens is 176 g/mol. The van der Waals surface area contributed by atoms with E-state index in [2.05, 4.69) is 26.1 Å². The van der Waals surface area contributed by atoms with Crippen molar-refractivity contribution in [3.63, 3.8) is 0 Å². The van der Waals surface area contributed by atoms with E-state index in [1.165, 1.54) is 6.42 Å². The molecule has 0 radical (unpaired) electrons. The predicted octanol–water partition coefficient (Wildman–Crippen LogP) is 1.27. The standard InChI is InChI=1S/C11H22N2O/c1-7-5-11(3,4)6-9(7)13-8(2)10(12)14/h7-9,13H,5-6H2,1-4H3,(H2,12,14). The fraction of sp³-hybridized carbons (Fsp3) is 0.909. The van der Waals surface area contributed by atoms with E-state index in [0.29, 0.717) is 17.4 Å². The maximum atomic E-state index is 10.9. The molecule has 1 fully saturated rings. The average molecular weight is 198 g/mol. The number of rotatable bonds is 3. The second-order valence-corrected chi connectivity index (χ2v) is 5.45. The Bertz CT molecular complexity index is 225. The summed E-state index contributed by atoms with van der Waals surface area (Å²) in [6.45, 7) is 8.63. The summed E-state index contributed by atoms with van der Waals surface area (Å²) in [6.07, 6.45) is 2.35. The fourth-order valence-corrected chi connectivity index (χ4v) is 2.52. The van der Waals surface area contributed by atoms with Gasteiger partial charge in [0, 0.05) is 6.04 Å². The first-order valence-electron chi connectivity index (χ1n) is 5.37. The molecule has 0 aromatic carbocycles. The zero-order chi connectivity index (χ0) is 10.9. The van der Waals surface area contributed by atoms with Crippen molar-refractivity contribution in [2.24, 2.45) is 17.1 Å². The van der Waals surface area contributed by atoms with E-state index in [-0.39, 0.29) is 11.9 Å². The Morgan fingerprint density at radius 2 is 2.07 bits per heavy atom. The number of hydrogen-bond donors (Lipinski definition) is 2. The van der Waals surface area contributed by atoms with Crippen LogP contribution in [0.2, 0.25) is 0 Å². The smallest absolute Gasteiger partial charge is 0.234 e. The molecule has 0 saturated heterocycles. The molecule has 0 spiro atoms. The maximum Gasteiger partial charge on any atom is 0.234 e. The summed E-state index contributed by atoms with van der Waals surface area (Å²) in [7, 11) is 0. The van der Waals surface area contributed by atoms with E-state index in [4.69, 9.17) is 5.73 Å². The molecule has 82 valence electrons. The van der Waals surface area contributed by atoms with Crippen LogP contribution in [0.15, 0.2) is 0 Å². The normalized spacial score (nSPS) is 32.9. The Hall–Kier alpha value is -0.570. The van der Waals surface area contributed by atoms with E-state index in [1.807, 2.05) is 6.92 Å². The van der Waals surface area contributed by atoms with E-state index in [9.17, 15) is 4.79 Å². The summed E-state index contributed by atoms with van der Waals surface area (Å²) in [6, 6.07) is 0.226. The molecule has 3 N–H and O–H groups in total. The molecule has 0 bridgehead atoms. The molecule has 1 saturated carbocycles. The molecule has 1 aliphatic rings. The summed E-state index contributed by atoms with van der Waals surface area (Å²) in [5.41, 5.74) is 5.62. The SMILES string of the molecule is CC(NC1CC(C)(C)CC1C)C(N)=O. The van der Waals surface area contributed by atoms with Crippen LogP contribution in [0, 0.1) is 11.3 Å². The highest BCUT2D eigenvalue weighted by Crippen LogP contribution is 2.40. The highest BCUT2D eigenvalue weighted by atomic mass is 16.1. The molecule has 3 atom stereocenters. The van der Waals surface area contributed by atoms with E-state index in [0.717, 1.165) is 6.42 Å². The summed E-state index contributed by atoms with van der Waals surface area (Å²) in [4.78, 5) is 10.9. The van der Waals surface area contributed by atoms with Crippen LogP contribution < -0.4 is 11.1 Å². The second kappa shape index (κ2) is 3.89. The van der Waals surface area contributed by atoms with Gasteiger partial charge in [0.15, 0.2) is 0 Å². The molecular formula is C11H22N2O. The van der Waals surface area contributed by atoms with Crippen molar-refractivity contribution >= 4 is 5.91 Å². The lowest BCUT2D eigenvalue weighted by molar-refractivity contribution is -0.119. The number of nitrogens with two attached hydrogens (primary N) is 1. The van der Waals surface area contributed by atoms with Crippen molar-refractivity contribution in [3.05, 3.63) is 0 Å². The lowest BCUT2D eigenvalue weighted by atomic mass is 9.91. The van der Waals surface area contributed by atoms with Gasteiger partial charge in [-0.3, -0.25) is 4.79 Å². The molecule has 0 aromatic rings. The Morgan fingerprint density at radius 3 is 2.43 bits per heavy atom. The van der Waals surface area contributed by atoms with E-state index >= 15 is 0 Å². The Labute approximate surface area is 86.4 Å². The van der Waals surface area contributed by atoms with Crippen LogP contribution in [0.3, 0.4) is 0 Å². The van der Waals surface area contributed by atoms with Gasteiger partial charge < -0.3 is 11.1 Å². The van der Waals surface area contributed by atoms with Crippen LogP contribution in [0.4, 0.5) is 0 Å². The minimum absolute atomic E-state index is 0.212. The zero-order valence-corrected chi connectivity index (χ0v) is 9.63. The van der Waals surface area contributed by atoms with Crippen LogP contribution in [-0.2, 0) is 4.79 Å². The molecule has 0 aromatic heterocycles. The first-order valence-corrected chi connectivity index (χ1v) is 5.37. The molecule has 1 aliphatic carbocycles. The molecule has 3 heteroatoms. The van der Waals surface area contributed by atoms with Crippen molar-refractivity contribution < 1.29 is 4.79 Å². The molecule has 3 nitrogen and oxygen atoms in total. The topological polar surface area (TPSA) is 55.1 Å². The van der Waals surface area contributed by atoms with Crippen molar-refractivity contribution in [3.8, 4) is 0 Å². The highest BCUT2D eigenvalue weighted by molar-refractivity contribution is 5.79. The quantitative estimate of drug-likeness (QED) is 0.717. The third-order valence-electron chi connectivity index (χ3n) is 3.22. The van der Waals surface area contributed by atoms with Crippen molar-refractivity contribution in [1.29, 1.82) is 0 Å². The lowest BCUT2D eigenvalue weighted by Crippen LogP contribution is -2.45. The van der Waals surface area contributed by atoms with Gasteiger partial charge in [0.1, 0.15) is 0 Å². The Balaban J connectivity index is 2.51. The van der Waals surface area contributed by atoms with Gasteiger partial charge in [-0.2, -0.15) is 0 Å². The van der Waals surface area contributed by atoms with Gasteiger partial charge in [-0.25, -0.2) is 0 Å². The van der Waals surface area contributed by atoms with Crippen LogP contribution in [0.25, 0.3) is 0 Å². The number of amides is 1. The summed E-state index contributed by atoms with van der Waals surface area (Å²) in [5.74, 6) is 0.369. The lowest BCUT2D eigenvalue weighted by Gasteiger charge is -2.21. The van der Waals surface area contributed by atoms with Crippen LogP contribution in [-0.4, -0.2) is 18.0 Å². The van der Waals surface area contributed by atoms with Gasteiger partial charge in [0.25, 0.3) is 0 Å². The van der Waals surface area contributed by atoms with Gasteiger partial charge in [0.2, 0.25) is 5.91 Å². The van der Waals surface area contributed by atoms with Gasteiger partial charge in [-0.05, 0) is 31.1 Å². The van der Waals surface area contributed by atoms with Crippen molar-refractivity contribution in [2.45, 2.75) is 52.6 Å². The van der Waals surface area contributed by atoms with Gasteiger partial charge in [-0.1, -0.05) is 20.8 Å². The molecule has 0 heterocycles. The monoisotopic (exact) mass is 198 g/mol. The first kappa shape index (κ1) is 11.5. The minimum Gasteiger partial charge on any atom is -0.368 e. The Morgan fingerprint density at radius 1 is 1.50 bits per heavy atom. The van der Waals surface area contributed by atoms with Crippen LogP contribution in [0.5, 0.6) is 0 Å². The van der Waals surface area contributed by atoms with Crippen molar-refractivity contribution in [1.82, 2.24) is 5.32 Å². The molecule has 1 rings (SSSR count). The second-order valence-electron chi connectivity index (χ2n) is 5.45. The van der Waals surface area contributed by atoms with Gasteiger partial charge >= 0.3 is 0 Å². The fourth-order valence-electron chi connectivity index (χ4n) is 2.52. The van der Waals surface area contributed by atoms with Gasteiger partial charge in [-0.15, -0.1) is 0 Å².